The van der Waals surface area contributed by atoms with Gasteiger partial charge in [0.2, 0.25) is 11.8 Å². The van der Waals surface area contributed by atoms with E-state index in [-0.39, 0.29) is 60.2 Å². The third-order valence-electron chi connectivity index (χ3n) is 10.3. The molecule has 3 rings (SSSR count). The summed E-state index contributed by atoms with van der Waals surface area (Å²) in [5.41, 5.74) is 4.19. The van der Waals surface area contributed by atoms with E-state index < -0.39 is 109 Å². The van der Waals surface area contributed by atoms with Crippen LogP contribution in [0.5, 0.6) is 0 Å². The van der Waals surface area contributed by atoms with E-state index in [1.54, 1.807) is 42.5 Å². The Bertz CT molecular complexity index is 2440. The Hall–Kier alpha value is -4.13. The second kappa shape index (κ2) is 30.6. The highest BCUT2D eigenvalue weighted by molar-refractivity contribution is 8.13. The fourth-order valence-corrected chi connectivity index (χ4v) is 10.0. The van der Waals surface area contributed by atoms with Crippen molar-refractivity contribution in [3.63, 3.8) is 0 Å². The summed E-state index contributed by atoms with van der Waals surface area (Å²) in [4.78, 5) is 99.0. The highest BCUT2D eigenvalue weighted by Crippen LogP contribution is 2.61. The van der Waals surface area contributed by atoms with Crippen LogP contribution >= 0.6 is 35.2 Å². The van der Waals surface area contributed by atoms with Gasteiger partial charge in [0.1, 0.15) is 36.3 Å². The number of aliphatic carboxylic acids is 1. The number of amides is 2. The molecule has 0 aliphatic carbocycles. The van der Waals surface area contributed by atoms with Crippen molar-refractivity contribution in [2.24, 2.45) is 5.41 Å². The number of carboxylic acid groups (broad SMARTS) is 1. The molecule has 29 nitrogen and oxygen atoms in total. The minimum absolute atomic E-state index is 0.0116. The Balaban J connectivity index is 1.31. The molecule has 2 aromatic heterocycles. The van der Waals surface area contributed by atoms with Crippen LogP contribution in [0.2, 0.25) is 0 Å². The maximum atomic E-state index is 12.8. The zero-order valence-electron chi connectivity index (χ0n) is 40.1. The van der Waals surface area contributed by atoms with E-state index in [9.17, 15) is 78.0 Å². The maximum absolute atomic E-state index is 12.8. The van der Waals surface area contributed by atoms with E-state index >= 15 is 0 Å². The predicted molar refractivity (Wildman–Crippen MR) is 262 cm³/mol. The highest BCUT2D eigenvalue weighted by atomic mass is 32.2. The summed E-state index contributed by atoms with van der Waals surface area (Å²) in [5.74, 6) is -2.33. The molecule has 2 amide bonds. The van der Waals surface area contributed by atoms with Crippen LogP contribution in [0.1, 0.15) is 71.4 Å². The van der Waals surface area contributed by atoms with Crippen molar-refractivity contribution in [3.8, 4) is 0 Å². The van der Waals surface area contributed by atoms with E-state index in [1.807, 2.05) is 0 Å². The zero-order chi connectivity index (χ0) is 55.3. The van der Waals surface area contributed by atoms with Gasteiger partial charge in [-0.3, -0.25) is 37.3 Å². The minimum Gasteiger partial charge on any atom is -0.481 e. The van der Waals surface area contributed by atoms with Crippen LogP contribution in [-0.4, -0.2) is 167 Å². The topological polar surface area (TPSA) is 462 Å². The fourth-order valence-electron chi connectivity index (χ4n) is 6.44. The Morgan fingerprint density at radius 2 is 1.58 bits per heavy atom. The number of thioether (sulfide) groups is 1. The molecule has 3 unspecified atom stereocenters. The Kier molecular flexibility index (Phi) is 26.5. The number of rotatable bonds is 34. The molecule has 0 spiro atoms. The number of fused-ring (bicyclic) bond motifs is 1. The number of nitrogen functional groups attached to an aromatic ring is 1. The number of carbonyl (C=O) groups is 4. The number of nitrogens with zero attached hydrogens (tertiary/aromatic N) is 4. The number of hydrogen-bond donors (Lipinski definition) is 13. The van der Waals surface area contributed by atoms with E-state index in [2.05, 4.69) is 34.4 Å². The first kappa shape index (κ1) is 64.2. The van der Waals surface area contributed by atoms with E-state index in [1.165, 1.54) is 19.9 Å². The summed E-state index contributed by atoms with van der Waals surface area (Å²) >= 11 is 0.903. The number of aliphatic hydroxyl groups excluding tert-OH is 5. The molecule has 33 heteroatoms. The SMILES string of the molecule is CC(C)(COP(=O)(O)OP(=O)(O)OC[C@H]1O[C@@H](n2cnc3c(N)ncnc32)[C@@H](O)[C@H]1OP(=O)(O)O)C(O)C(=O)NCCC(=O)NCCSC(=O)C[C@@H](O)CCC=CC[C@H](O)C=C/C=C/C=C\[C@H](O)CCCC(=O)O. The number of nitrogens with two attached hydrogens (primary N) is 1. The molecule has 0 radical (unpaired) electrons. The first-order valence-electron chi connectivity index (χ1n) is 22.6. The number of allylic oxidation sites excluding steroid dienone is 5. The third kappa shape index (κ3) is 23.8. The first-order valence-corrected chi connectivity index (χ1v) is 28.1. The molecule has 74 heavy (non-hydrogen) atoms. The predicted octanol–water partition coefficient (Wildman–Crippen LogP) is 0.788. The normalized spacial score (nSPS) is 21.0. The van der Waals surface area contributed by atoms with Gasteiger partial charge in [0, 0.05) is 43.5 Å². The summed E-state index contributed by atoms with van der Waals surface area (Å²) in [6.45, 7) is 0.176. The number of hydrogen-bond acceptors (Lipinski definition) is 22. The van der Waals surface area contributed by atoms with Crippen LogP contribution in [0, 0.1) is 5.41 Å². The number of imidazole rings is 1. The number of carbonyl (C=O) groups excluding carboxylic acids is 3. The van der Waals surface area contributed by atoms with Crippen molar-refractivity contribution in [3.05, 3.63) is 61.3 Å². The molecular weight excluding hydrogens is 1070 g/mol. The van der Waals surface area contributed by atoms with Gasteiger partial charge >= 0.3 is 29.4 Å². The third-order valence-corrected chi connectivity index (χ3v) is 14.3. The Labute approximate surface area is 428 Å². The lowest BCUT2D eigenvalue weighted by Gasteiger charge is -2.30. The summed E-state index contributed by atoms with van der Waals surface area (Å²) in [6.07, 6.45) is 5.25. The Morgan fingerprint density at radius 1 is 0.905 bits per heavy atom. The number of aliphatic hydroxyl groups is 5. The average molecular weight is 1130 g/mol. The molecule has 0 aromatic carbocycles. The molecular formula is C41H64N7O22P3S. The van der Waals surface area contributed by atoms with E-state index in [0.717, 1.165) is 29.0 Å². The summed E-state index contributed by atoms with van der Waals surface area (Å²) < 4.78 is 62.4. The largest absolute Gasteiger partial charge is 0.481 e. The van der Waals surface area contributed by atoms with Crippen LogP contribution in [0.15, 0.2) is 61.3 Å². The first-order chi connectivity index (χ1) is 34.6. The molecule has 14 N–H and O–H groups in total. The molecule has 1 saturated heterocycles. The lowest BCUT2D eigenvalue weighted by molar-refractivity contribution is -0.138. The second-order valence-electron chi connectivity index (χ2n) is 17.0. The maximum Gasteiger partial charge on any atom is 0.481 e. The number of phosphoric acid groups is 3. The summed E-state index contributed by atoms with van der Waals surface area (Å²) in [6, 6.07) is 0. The van der Waals surface area contributed by atoms with Gasteiger partial charge in [-0.1, -0.05) is 74.2 Å². The highest BCUT2D eigenvalue weighted by Gasteiger charge is 2.50. The van der Waals surface area contributed by atoms with Crippen LogP contribution in [0.25, 0.3) is 11.2 Å². The van der Waals surface area contributed by atoms with Gasteiger partial charge in [0.15, 0.2) is 22.8 Å². The molecule has 2 aromatic rings. The van der Waals surface area contributed by atoms with Crippen LogP contribution in [0.3, 0.4) is 0 Å². The van der Waals surface area contributed by atoms with Crippen molar-refractivity contribution < 1.29 is 106 Å². The van der Waals surface area contributed by atoms with Crippen molar-refractivity contribution in [2.75, 3.05) is 37.8 Å². The van der Waals surface area contributed by atoms with Gasteiger partial charge in [-0.15, -0.1) is 0 Å². The average Bonchev–Trinajstić information content (AvgIpc) is 3.86. The van der Waals surface area contributed by atoms with Crippen LogP contribution in [0.4, 0.5) is 5.82 Å². The van der Waals surface area contributed by atoms with Gasteiger partial charge < -0.3 is 71.3 Å². The van der Waals surface area contributed by atoms with Crippen molar-refractivity contribution >= 4 is 75.1 Å². The standard InChI is InChI=1S/C41H64N7O22P3S/c1-41(2,23-67-73(64,65)70-72(62,63)66-22-29-35(69-71(59,60)61)34(56)40(68-29)48-25-47-33-37(42)45-24-46-38(33)48)36(57)39(58)44-18-17-30(52)43-19-20-74-32(55)21-28(51)14-9-5-8-13-26(49)11-6-3-4-7-12-27(50)15-10-16-31(53)54/h3-8,11-12,24-29,34-36,40,49-51,56-57H,9-10,13-23H2,1-2H3,(H,43,52)(H,44,58)(H,53,54)(H,62,63)(H,64,65)(H2,42,45,46)(H2,59,60,61)/b4-3+,8-5?,11-6?,12-7-/t26-,27+,28+,29-,34+,35+,36?,40-/m1/s1. The molecule has 10 atom stereocenters. The van der Waals surface area contributed by atoms with Gasteiger partial charge in [-0.25, -0.2) is 28.6 Å². The molecule has 0 bridgehead atoms. The van der Waals surface area contributed by atoms with Crippen molar-refractivity contribution in [2.45, 2.75) is 114 Å². The lowest BCUT2D eigenvalue weighted by Crippen LogP contribution is -2.46. The quantitative estimate of drug-likeness (QED) is 0.0199. The molecule has 1 aliphatic heterocycles. The Morgan fingerprint density at radius 3 is 2.26 bits per heavy atom. The molecule has 3 heterocycles. The zero-order valence-corrected chi connectivity index (χ0v) is 43.6. The van der Waals surface area contributed by atoms with E-state index in [4.69, 9.17) is 24.6 Å². The van der Waals surface area contributed by atoms with Crippen LogP contribution < -0.4 is 16.4 Å². The minimum atomic E-state index is -5.61. The van der Waals surface area contributed by atoms with Crippen molar-refractivity contribution in [1.29, 1.82) is 0 Å². The lowest BCUT2D eigenvalue weighted by atomic mass is 9.87. The number of phosphoric ester groups is 3. The van der Waals surface area contributed by atoms with Crippen LogP contribution in [-0.2, 0) is 55.5 Å². The molecule has 1 fully saturated rings. The van der Waals surface area contributed by atoms with Crippen molar-refractivity contribution in [1.82, 2.24) is 30.2 Å². The number of nitrogens with one attached hydrogen (secondary N) is 2. The summed E-state index contributed by atoms with van der Waals surface area (Å²) in [7, 11) is -16.5. The smallest absolute Gasteiger partial charge is 0.481 e. The molecule has 416 valence electrons. The number of ether oxygens (including phenoxy) is 1. The number of carboxylic acids is 1. The van der Waals surface area contributed by atoms with Gasteiger partial charge in [-0.2, -0.15) is 4.31 Å². The second-order valence-corrected chi connectivity index (χ2v) is 22.4. The van der Waals surface area contributed by atoms with Gasteiger partial charge in [0.25, 0.3) is 0 Å². The van der Waals surface area contributed by atoms with E-state index in [0.29, 0.717) is 32.1 Å². The summed E-state index contributed by atoms with van der Waals surface area (Å²) in [5, 5.41) is 64.9. The number of anilines is 1. The van der Waals surface area contributed by atoms with Gasteiger partial charge in [-0.05, 0) is 32.1 Å². The fraction of sp³-hybridized carbons (Fsp3) is 0.585. The van der Waals surface area contributed by atoms with Gasteiger partial charge in [0.05, 0.1) is 37.9 Å². The number of aromatic nitrogens is 4. The monoisotopic (exact) mass is 1130 g/mol. The molecule has 0 saturated carbocycles. The molecule has 1 aliphatic rings.